The highest BCUT2D eigenvalue weighted by molar-refractivity contribution is 7.89. The van der Waals surface area contributed by atoms with Crippen LogP contribution in [0.3, 0.4) is 0 Å². The van der Waals surface area contributed by atoms with Crippen LogP contribution in [0.2, 0.25) is 0 Å². The minimum absolute atomic E-state index is 0.0770. The van der Waals surface area contributed by atoms with E-state index in [-0.39, 0.29) is 4.90 Å². The summed E-state index contributed by atoms with van der Waals surface area (Å²) in [5.74, 6) is -0.637. The van der Waals surface area contributed by atoms with Crippen LogP contribution in [-0.4, -0.2) is 42.4 Å². The minimum atomic E-state index is -3.57. The highest BCUT2D eigenvalue weighted by Crippen LogP contribution is 2.30. The van der Waals surface area contributed by atoms with Crippen molar-refractivity contribution in [2.45, 2.75) is 17.7 Å². The van der Waals surface area contributed by atoms with Crippen LogP contribution in [0.4, 0.5) is 0 Å². The minimum Gasteiger partial charge on any atom is -0.478 e. The van der Waals surface area contributed by atoms with Crippen molar-refractivity contribution >= 4 is 22.1 Å². The standard InChI is InChI=1S/C13H16N2O4S/c1-15(9-10-2-3-10)20(18,19)12-6-11(7-14-8-12)4-5-13(16)17/h4-8,10H,2-3,9H2,1H3,(H,16,17). The van der Waals surface area contributed by atoms with E-state index in [1.807, 2.05) is 0 Å². The molecule has 0 atom stereocenters. The van der Waals surface area contributed by atoms with Gasteiger partial charge in [-0.2, -0.15) is 0 Å². The predicted octanol–water partition coefficient (Wildman–Crippen LogP) is 1.21. The van der Waals surface area contributed by atoms with Gasteiger partial charge in [-0.3, -0.25) is 4.98 Å². The first-order chi connectivity index (χ1) is 9.39. The van der Waals surface area contributed by atoms with Crippen molar-refractivity contribution in [3.8, 4) is 0 Å². The molecule has 1 aromatic heterocycles. The van der Waals surface area contributed by atoms with Gasteiger partial charge < -0.3 is 5.11 Å². The van der Waals surface area contributed by atoms with Crippen LogP contribution in [0.1, 0.15) is 18.4 Å². The normalized spacial score (nSPS) is 15.9. The molecule has 1 saturated carbocycles. The Labute approximate surface area is 117 Å². The van der Waals surface area contributed by atoms with Gasteiger partial charge in [-0.1, -0.05) is 0 Å². The molecule has 6 nitrogen and oxygen atoms in total. The van der Waals surface area contributed by atoms with Crippen LogP contribution < -0.4 is 0 Å². The highest BCUT2D eigenvalue weighted by Gasteiger charge is 2.29. The SMILES string of the molecule is CN(CC1CC1)S(=O)(=O)c1cncc(C=CC(=O)O)c1. The third-order valence-corrected chi connectivity index (χ3v) is 4.86. The fourth-order valence-electron chi connectivity index (χ4n) is 1.78. The van der Waals surface area contributed by atoms with Crippen LogP contribution in [0.15, 0.2) is 29.4 Å². The highest BCUT2D eigenvalue weighted by atomic mass is 32.2. The molecule has 1 aliphatic rings. The summed E-state index contributed by atoms with van der Waals surface area (Å²) in [6.45, 7) is 0.511. The lowest BCUT2D eigenvalue weighted by molar-refractivity contribution is -0.131. The van der Waals surface area contributed by atoms with E-state index in [4.69, 9.17) is 5.11 Å². The van der Waals surface area contributed by atoms with E-state index in [2.05, 4.69) is 4.98 Å². The zero-order valence-corrected chi connectivity index (χ0v) is 11.9. The van der Waals surface area contributed by atoms with Crippen molar-refractivity contribution in [1.29, 1.82) is 0 Å². The average Bonchev–Trinajstić information content (AvgIpc) is 3.20. The second kappa shape index (κ2) is 5.72. The van der Waals surface area contributed by atoms with Crippen molar-refractivity contribution in [3.05, 3.63) is 30.1 Å². The van der Waals surface area contributed by atoms with Crippen LogP contribution in [0, 0.1) is 5.92 Å². The van der Waals surface area contributed by atoms with Gasteiger partial charge in [0.15, 0.2) is 0 Å². The summed E-state index contributed by atoms with van der Waals surface area (Å²) in [6, 6.07) is 1.42. The number of carbonyl (C=O) groups is 1. The second-order valence-corrected chi connectivity index (χ2v) is 6.90. The van der Waals surface area contributed by atoms with E-state index in [1.165, 1.54) is 28.8 Å². The van der Waals surface area contributed by atoms with Crippen LogP contribution in [0.25, 0.3) is 6.08 Å². The van der Waals surface area contributed by atoms with Crippen molar-refractivity contribution in [2.75, 3.05) is 13.6 Å². The number of nitrogens with zero attached hydrogens (tertiary/aromatic N) is 2. The lowest BCUT2D eigenvalue weighted by Crippen LogP contribution is -2.29. The summed E-state index contributed by atoms with van der Waals surface area (Å²) in [6.07, 6.45) is 7.09. The number of aliphatic carboxylic acids is 1. The first kappa shape index (κ1) is 14.7. The van der Waals surface area contributed by atoms with Gasteiger partial charge >= 0.3 is 5.97 Å². The lowest BCUT2D eigenvalue weighted by Gasteiger charge is -2.16. The van der Waals surface area contributed by atoms with Gasteiger partial charge in [-0.05, 0) is 36.5 Å². The molecule has 1 N–H and O–H groups in total. The van der Waals surface area contributed by atoms with Crippen LogP contribution >= 0.6 is 0 Å². The molecule has 0 amide bonds. The van der Waals surface area contributed by atoms with Gasteiger partial charge in [-0.15, -0.1) is 0 Å². The number of rotatable bonds is 6. The summed E-state index contributed by atoms with van der Waals surface area (Å²) < 4.78 is 26.0. The third kappa shape index (κ3) is 3.64. The molecule has 0 aliphatic heterocycles. The van der Waals surface area contributed by atoms with E-state index in [1.54, 1.807) is 7.05 Å². The summed E-state index contributed by atoms with van der Waals surface area (Å²) >= 11 is 0. The van der Waals surface area contributed by atoms with Gasteiger partial charge in [0.25, 0.3) is 0 Å². The molecule has 2 rings (SSSR count). The van der Waals surface area contributed by atoms with Gasteiger partial charge in [0.05, 0.1) is 0 Å². The summed E-state index contributed by atoms with van der Waals surface area (Å²) in [5, 5.41) is 8.56. The van der Waals surface area contributed by atoms with E-state index >= 15 is 0 Å². The summed E-state index contributed by atoms with van der Waals surface area (Å²) in [4.78, 5) is 14.4. The van der Waals surface area contributed by atoms with E-state index in [0.29, 0.717) is 18.0 Å². The van der Waals surface area contributed by atoms with E-state index < -0.39 is 16.0 Å². The molecule has 1 heterocycles. The molecule has 108 valence electrons. The van der Waals surface area contributed by atoms with Gasteiger partial charge in [-0.25, -0.2) is 17.5 Å². The quantitative estimate of drug-likeness (QED) is 0.797. The molecular weight excluding hydrogens is 280 g/mol. The first-order valence-corrected chi connectivity index (χ1v) is 7.66. The molecule has 0 aromatic carbocycles. The second-order valence-electron chi connectivity index (χ2n) is 4.85. The molecule has 20 heavy (non-hydrogen) atoms. The van der Waals surface area contributed by atoms with Crippen LogP contribution in [0.5, 0.6) is 0 Å². The monoisotopic (exact) mass is 296 g/mol. The van der Waals surface area contributed by atoms with Crippen molar-refractivity contribution in [3.63, 3.8) is 0 Å². The predicted molar refractivity (Wildman–Crippen MR) is 73.4 cm³/mol. The Kier molecular flexibility index (Phi) is 4.20. The first-order valence-electron chi connectivity index (χ1n) is 6.22. The zero-order valence-electron chi connectivity index (χ0n) is 11.1. The average molecular weight is 296 g/mol. The Balaban J connectivity index is 2.22. The Morgan fingerprint density at radius 1 is 1.50 bits per heavy atom. The van der Waals surface area contributed by atoms with Gasteiger partial charge in [0.1, 0.15) is 4.90 Å². The summed E-state index contributed by atoms with van der Waals surface area (Å²) in [7, 11) is -2.02. The number of carboxylic acids is 1. The van der Waals surface area contributed by atoms with E-state index in [0.717, 1.165) is 18.9 Å². The smallest absolute Gasteiger partial charge is 0.328 e. The number of sulfonamides is 1. The zero-order chi connectivity index (χ0) is 14.8. The number of aromatic nitrogens is 1. The lowest BCUT2D eigenvalue weighted by atomic mass is 10.2. The molecule has 1 aliphatic carbocycles. The number of hydrogen-bond acceptors (Lipinski definition) is 4. The number of hydrogen-bond donors (Lipinski definition) is 1. The Morgan fingerprint density at radius 2 is 2.20 bits per heavy atom. The maximum Gasteiger partial charge on any atom is 0.328 e. The Morgan fingerprint density at radius 3 is 2.80 bits per heavy atom. The van der Waals surface area contributed by atoms with Crippen molar-refractivity contribution in [2.24, 2.45) is 5.92 Å². The molecule has 0 saturated heterocycles. The molecule has 0 radical (unpaired) electrons. The van der Waals surface area contributed by atoms with Gasteiger partial charge in [0, 0.05) is 32.1 Å². The molecule has 1 aromatic rings. The Hall–Kier alpha value is -1.73. The van der Waals surface area contributed by atoms with Gasteiger partial charge in [0.2, 0.25) is 10.0 Å². The fourth-order valence-corrected chi connectivity index (χ4v) is 3.02. The molecule has 0 bridgehead atoms. The molecule has 1 fully saturated rings. The third-order valence-electron chi connectivity index (χ3n) is 3.07. The maximum atomic E-state index is 12.3. The summed E-state index contributed by atoms with van der Waals surface area (Å²) in [5.41, 5.74) is 0.438. The topological polar surface area (TPSA) is 87.6 Å². The van der Waals surface area contributed by atoms with Crippen molar-refractivity contribution in [1.82, 2.24) is 9.29 Å². The van der Waals surface area contributed by atoms with E-state index in [9.17, 15) is 13.2 Å². The number of carboxylic acid groups (broad SMARTS) is 1. The van der Waals surface area contributed by atoms with Crippen LogP contribution in [-0.2, 0) is 14.8 Å². The molecule has 0 spiro atoms. The largest absolute Gasteiger partial charge is 0.478 e. The fraction of sp³-hybridized carbons (Fsp3) is 0.385. The molecule has 7 heteroatoms. The van der Waals surface area contributed by atoms with Crippen molar-refractivity contribution < 1.29 is 18.3 Å². The molecular formula is C13H16N2O4S. The number of pyridine rings is 1. The molecule has 0 unspecified atom stereocenters. The maximum absolute atomic E-state index is 12.3. The Bertz CT molecular complexity index is 636.